The van der Waals surface area contributed by atoms with Gasteiger partial charge < -0.3 is 5.26 Å². The van der Waals surface area contributed by atoms with Crippen molar-refractivity contribution in [2.75, 3.05) is 0 Å². The molecule has 0 spiro atoms. The Morgan fingerprint density at radius 2 is 1.59 bits per heavy atom. The van der Waals surface area contributed by atoms with E-state index in [2.05, 4.69) is 37.1 Å². The Morgan fingerprint density at radius 1 is 1.05 bits per heavy atom. The standard InChI is InChI=1S/C15H29NO5S/c1-8(2)11-7-12(9(3)4)15(22-21-20-19)13(10(5)6)14(11)16(17)18/h8-15,19H,7H2,1-6H3/p-1. The molecule has 1 fully saturated rings. The van der Waals surface area contributed by atoms with Crippen LogP contribution in [0.1, 0.15) is 48.0 Å². The Morgan fingerprint density at radius 3 is 1.95 bits per heavy atom. The van der Waals surface area contributed by atoms with Gasteiger partial charge in [0, 0.05) is 34.1 Å². The first-order chi connectivity index (χ1) is 10.2. The molecule has 0 aromatic rings. The number of nitro groups is 1. The van der Waals surface area contributed by atoms with Gasteiger partial charge in [-0.25, -0.2) is 0 Å². The maximum atomic E-state index is 11.7. The normalized spacial score (nSPS) is 32.9. The van der Waals surface area contributed by atoms with Gasteiger partial charge in [0.1, 0.15) is 0 Å². The number of nitrogens with zero attached hydrogens (tertiary/aromatic N) is 1. The average Bonchev–Trinajstić information content (AvgIpc) is 2.42. The molecule has 7 heteroatoms. The second kappa shape index (κ2) is 8.47. The van der Waals surface area contributed by atoms with E-state index in [1.54, 1.807) is 0 Å². The van der Waals surface area contributed by atoms with Crippen LogP contribution >= 0.6 is 12.0 Å². The molecule has 0 heterocycles. The lowest BCUT2D eigenvalue weighted by molar-refractivity contribution is -0.777. The van der Waals surface area contributed by atoms with E-state index in [4.69, 9.17) is 0 Å². The van der Waals surface area contributed by atoms with Gasteiger partial charge in [0.25, 0.3) is 0 Å². The molecular formula is C15H28NO5S-. The second-order valence-electron chi connectivity index (χ2n) is 7.35. The van der Waals surface area contributed by atoms with Crippen molar-refractivity contribution in [3.05, 3.63) is 10.1 Å². The topological polar surface area (TPSA) is 84.7 Å². The summed E-state index contributed by atoms with van der Waals surface area (Å²) >= 11 is 0.966. The summed E-state index contributed by atoms with van der Waals surface area (Å²) in [5.74, 6) is 0.897. The van der Waals surface area contributed by atoms with Gasteiger partial charge in [-0.2, -0.15) is 4.33 Å². The summed E-state index contributed by atoms with van der Waals surface area (Å²) in [6, 6.07) is -0.609. The van der Waals surface area contributed by atoms with Crippen LogP contribution in [-0.2, 0) is 9.37 Å². The molecule has 22 heavy (non-hydrogen) atoms. The summed E-state index contributed by atoms with van der Waals surface area (Å²) in [7, 11) is 0. The summed E-state index contributed by atoms with van der Waals surface area (Å²) in [5.41, 5.74) is 0. The molecule has 0 N–H and O–H groups in total. The molecule has 1 aliphatic rings. The Kier molecular flexibility index (Phi) is 7.58. The first kappa shape index (κ1) is 19.7. The molecule has 1 rings (SSSR count). The highest BCUT2D eigenvalue weighted by molar-refractivity contribution is 7.95. The number of hydrogen-bond acceptors (Lipinski definition) is 6. The van der Waals surface area contributed by atoms with E-state index in [0.717, 1.165) is 18.5 Å². The van der Waals surface area contributed by atoms with Crippen LogP contribution in [0.5, 0.6) is 0 Å². The van der Waals surface area contributed by atoms with Gasteiger partial charge >= 0.3 is 0 Å². The molecular weight excluding hydrogens is 306 g/mol. The van der Waals surface area contributed by atoms with E-state index in [-0.39, 0.29) is 39.8 Å². The van der Waals surface area contributed by atoms with E-state index in [0.29, 0.717) is 5.92 Å². The highest BCUT2D eigenvalue weighted by atomic mass is 32.2. The maximum Gasteiger partial charge on any atom is 0.220 e. The lowest BCUT2D eigenvalue weighted by atomic mass is 9.62. The third-order valence-electron chi connectivity index (χ3n) is 5.08. The molecule has 0 aromatic heterocycles. The van der Waals surface area contributed by atoms with Gasteiger partial charge in [-0.1, -0.05) is 41.5 Å². The van der Waals surface area contributed by atoms with Crippen LogP contribution < -0.4 is 5.26 Å². The van der Waals surface area contributed by atoms with Crippen LogP contribution in [0.2, 0.25) is 0 Å². The van der Waals surface area contributed by atoms with E-state index in [1.807, 2.05) is 13.8 Å². The fourth-order valence-electron chi connectivity index (χ4n) is 3.94. The molecule has 1 aliphatic carbocycles. The molecule has 0 aliphatic heterocycles. The van der Waals surface area contributed by atoms with Crippen LogP contribution in [0.15, 0.2) is 0 Å². The molecule has 0 saturated heterocycles. The predicted octanol–water partition coefficient (Wildman–Crippen LogP) is 3.09. The molecule has 0 bridgehead atoms. The SMILES string of the molecule is CC(C)C1CC(C(C)C)C([N+](=O)[O-])C(C(C)C)C1SOO[O-]. The van der Waals surface area contributed by atoms with E-state index in [1.165, 1.54) is 0 Å². The lowest BCUT2D eigenvalue weighted by Crippen LogP contribution is -2.54. The van der Waals surface area contributed by atoms with Crippen LogP contribution in [0.25, 0.3) is 0 Å². The van der Waals surface area contributed by atoms with Crippen molar-refractivity contribution >= 4 is 12.0 Å². The first-order valence-corrected chi connectivity index (χ1v) is 8.78. The van der Waals surface area contributed by atoms with Gasteiger partial charge in [-0.15, -0.1) is 0 Å². The first-order valence-electron chi connectivity index (χ1n) is 7.97. The largest absolute Gasteiger partial charge is 0.691 e. The fourth-order valence-corrected chi connectivity index (χ4v) is 5.23. The summed E-state index contributed by atoms with van der Waals surface area (Å²) in [6.45, 7) is 12.4. The number of hydrogen-bond donors (Lipinski definition) is 0. The van der Waals surface area contributed by atoms with E-state index < -0.39 is 6.04 Å². The third kappa shape index (κ3) is 4.34. The second-order valence-corrected chi connectivity index (χ2v) is 8.22. The molecule has 1 saturated carbocycles. The van der Waals surface area contributed by atoms with Crippen molar-refractivity contribution in [2.24, 2.45) is 35.5 Å². The highest BCUT2D eigenvalue weighted by Crippen LogP contribution is 2.49. The molecule has 130 valence electrons. The van der Waals surface area contributed by atoms with E-state index in [9.17, 15) is 15.4 Å². The van der Waals surface area contributed by atoms with Gasteiger partial charge in [-0.05, 0) is 30.1 Å². The van der Waals surface area contributed by atoms with Crippen molar-refractivity contribution in [1.82, 2.24) is 0 Å². The summed E-state index contributed by atoms with van der Waals surface area (Å²) in [5, 5.41) is 25.4. The quantitative estimate of drug-likeness (QED) is 0.308. The zero-order chi connectivity index (χ0) is 17.0. The Hall–Kier alpha value is -0.370. The van der Waals surface area contributed by atoms with Crippen molar-refractivity contribution in [1.29, 1.82) is 0 Å². The summed E-state index contributed by atoms with van der Waals surface area (Å²) in [6.07, 6.45) is 0.782. The summed E-state index contributed by atoms with van der Waals surface area (Å²) in [4.78, 5) is 11.6. The van der Waals surface area contributed by atoms with Gasteiger partial charge in [0.2, 0.25) is 6.04 Å². The third-order valence-corrected chi connectivity index (χ3v) is 6.10. The van der Waals surface area contributed by atoms with Crippen molar-refractivity contribution in [3.8, 4) is 0 Å². The molecule has 5 atom stereocenters. The maximum absolute atomic E-state index is 11.7. The van der Waals surface area contributed by atoms with Crippen LogP contribution in [0.3, 0.4) is 0 Å². The monoisotopic (exact) mass is 334 g/mol. The smallest absolute Gasteiger partial charge is 0.220 e. The minimum absolute atomic E-state index is 0.0415. The molecule has 0 radical (unpaired) electrons. The fraction of sp³-hybridized carbons (Fsp3) is 1.00. The average molecular weight is 334 g/mol. The highest BCUT2D eigenvalue weighted by Gasteiger charge is 2.54. The lowest BCUT2D eigenvalue weighted by Gasteiger charge is -2.46. The minimum Gasteiger partial charge on any atom is -0.691 e. The van der Waals surface area contributed by atoms with Crippen molar-refractivity contribution < 1.29 is 19.6 Å². The molecule has 0 aromatic carbocycles. The van der Waals surface area contributed by atoms with Gasteiger partial charge in [0.05, 0.1) is 0 Å². The van der Waals surface area contributed by atoms with Gasteiger partial charge in [0.15, 0.2) is 0 Å². The summed E-state index contributed by atoms with van der Waals surface area (Å²) < 4.78 is 4.60. The molecule has 0 amide bonds. The Bertz CT molecular complexity index is 364. The van der Waals surface area contributed by atoms with Crippen LogP contribution in [0.4, 0.5) is 0 Å². The Balaban J connectivity index is 3.22. The van der Waals surface area contributed by atoms with Crippen LogP contribution in [-0.4, -0.2) is 16.2 Å². The van der Waals surface area contributed by atoms with Crippen molar-refractivity contribution in [2.45, 2.75) is 59.3 Å². The van der Waals surface area contributed by atoms with Crippen LogP contribution in [0, 0.1) is 45.6 Å². The number of rotatable bonds is 7. The zero-order valence-corrected chi connectivity index (χ0v) is 15.0. The van der Waals surface area contributed by atoms with E-state index >= 15 is 0 Å². The minimum atomic E-state index is -0.609. The zero-order valence-electron chi connectivity index (χ0n) is 14.2. The molecule has 6 nitrogen and oxygen atoms in total. The van der Waals surface area contributed by atoms with Crippen molar-refractivity contribution in [3.63, 3.8) is 0 Å². The predicted molar refractivity (Wildman–Crippen MR) is 83.9 cm³/mol. The van der Waals surface area contributed by atoms with Gasteiger partial charge in [-0.3, -0.25) is 15.2 Å². The Labute approximate surface area is 137 Å². The molecule has 5 unspecified atom stereocenters.